The van der Waals surface area contributed by atoms with Crippen LogP contribution in [0.15, 0.2) is 60.7 Å². The highest BCUT2D eigenvalue weighted by Gasteiger charge is 2.25. The zero-order chi connectivity index (χ0) is 20.9. The Morgan fingerprint density at radius 3 is 2.20 bits per heavy atom. The van der Waals surface area contributed by atoms with Crippen molar-refractivity contribution in [1.29, 1.82) is 0 Å². The Labute approximate surface area is 178 Å². The number of aromatic nitrogens is 2. The fraction of sp³-hybridized carbons (Fsp3) is 0.333. The van der Waals surface area contributed by atoms with E-state index in [1.807, 2.05) is 48.9 Å². The van der Waals surface area contributed by atoms with Crippen LogP contribution in [0.1, 0.15) is 17.0 Å². The molecule has 0 aliphatic carbocycles. The summed E-state index contributed by atoms with van der Waals surface area (Å²) in [5.74, 6) is 0.0651. The van der Waals surface area contributed by atoms with Gasteiger partial charge in [-0.1, -0.05) is 48.5 Å². The molecule has 30 heavy (non-hydrogen) atoms. The van der Waals surface area contributed by atoms with Crippen molar-refractivity contribution in [2.45, 2.75) is 20.4 Å². The van der Waals surface area contributed by atoms with Gasteiger partial charge in [-0.15, -0.1) is 0 Å². The molecule has 0 saturated carbocycles. The minimum Gasteiger partial charge on any atom is -0.322 e. The maximum Gasteiger partial charge on any atom is 0.279 e. The van der Waals surface area contributed by atoms with Gasteiger partial charge in [0, 0.05) is 5.56 Å². The number of anilines is 1. The molecule has 2 aromatic carbocycles. The normalized spacial score (nSPS) is 18.9. The van der Waals surface area contributed by atoms with Crippen molar-refractivity contribution >= 4 is 11.6 Å². The summed E-state index contributed by atoms with van der Waals surface area (Å²) in [6.07, 6.45) is 0. The fourth-order valence-corrected chi connectivity index (χ4v) is 4.25. The summed E-state index contributed by atoms with van der Waals surface area (Å²) in [6.45, 7) is 9.77. The van der Waals surface area contributed by atoms with Crippen LogP contribution in [0.3, 0.4) is 0 Å². The quantitative estimate of drug-likeness (QED) is 0.557. The average molecular weight is 406 g/mol. The van der Waals surface area contributed by atoms with Crippen LogP contribution in [0.2, 0.25) is 0 Å². The molecule has 6 heteroatoms. The van der Waals surface area contributed by atoms with Crippen LogP contribution in [0, 0.1) is 13.8 Å². The van der Waals surface area contributed by atoms with E-state index in [9.17, 15) is 4.79 Å². The number of hydrogen-bond acceptors (Lipinski definition) is 2. The van der Waals surface area contributed by atoms with Gasteiger partial charge in [-0.2, -0.15) is 5.10 Å². The number of para-hydroxylation sites is 1. The molecule has 1 aliphatic rings. The lowest BCUT2D eigenvalue weighted by Crippen LogP contribution is -3.28. The van der Waals surface area contributed by atoms with Crippen molar-refractivity contribution in [1.82, 2.24) is 9.78 Å². The molecule has 0 atom stereocenters. The molecule has 0 spiro atoms. The minimum absolute atomic E-state index is 0.0651. The largest absolute Gasteiger partial charge is 0.322 e. The van der Waals surface area contributed by atoms with E-state index in [0.717, 1.165) is 55.5 Å². The van der Waals surface area contributed by atoms with Gasteiger partial charge >= 0.3 is 0 Å². The molecule has 6 nitrogen and oxygen atoms in total. The number of quaternary nitrogens is 2. The zero-order valence-corrected chi connectivity index (χ0v) is 17.8. The maximum atomic E-state index is 12.7. The van der Waals surface area contributed by atoms with Gasteiger partial charge in [0.25, 0.3) is 5.91 Å². The van der Waals surface area contributed by atoms with Crippen molar-refractivity contribution in [3.63, 3.8) is 0 Å². The SMILES string of the molecule is Cc1nn(-c2ccccc2)c(C)c1NC(=O)C[NH+]1CC[NH+](Cc2ccccc2)CC1. The Bertz CT molecular complexity index is 976. The topological polar surface area (TPSA) is 55.8 Å². The van der Waals surface area contributed by atoms with Crippen molar-refractivity contribution in [3.05, 3.63) is 77.6 Å². The number of hydrogen-bond donors (Lipinski definition) is 3. The highest BCUT2D eigenvalue weighted by molar-refractivity contribution is 5.92. The number of amides is 1. The Kier molecular flexibility index (Phi) is 6.26. The van der Waals surface area contributed by atoms with E-state index < -0.39 is 0 Å². The van der Waals surface area contributed by atoms with E-state index in [-0.39, 0.29) is 5.91 Å². The molecule has 3 N–H and O–H groups in total. The molecular formula is C24H31N5O+2. The van der Waals surface area contributed by atoms with Crippen LogP contribution in [0.5, 0.6) is 0 Å². The summed E-state index contributed by atoms with van der Waals surface area (Å²) in [7, 11) is 0. The third kappa shape index (κ3) is 4.78. The van der Waals surface area contributed by atoms with Gasteiger partial charge in [0.05, 0.1) is 22.8 Å². The third-order valence-electron chi connectivity index (χ3n) is 5.93. The first-order valence-electron chi connectivity index (χ1n) is 10.7. The van der Waals surface area contributed by atoms with Crippen LogP contribution in [0.4, 0.5) is 5.69 Å². The highest BCUT2D eigenvalue weighted by atomic mass is 16.2. The van der Waals surface area contributed by atoms with Gasteiger partial charge in [-0.3, -0.25) is 4.79 Å². The molecule has 1 aliphatic heterocycles. The standard InChI is InChI=1S/C24H29N5O/c1-19-24(20(2)29(26-19)22-11-7-4-8-12-22)25-23(30)18-28-15-13-27(14-16-28)17-21-9-5-3-6-10-21/h3-12H,13-18H2,1-2H3,(H,25,30)/p+2. The number of nitrogens with one attached hydrogen (secondary N) is 3. The number of rotatable bonds is 6. The van der Waals surface area contributed by atoms with E-state index in [1.165, 1.54) is 10.5 Å². The van der Waals surface area contributed by atoms with Gasteiger partial charge in [-0.05, 0) is 26.0 Å². The molecule has 1 fully saturated rings. The lowest BCUT2D eigenvalue weighted by atomic mass is 10.2. The molecule has 2 heterocycles. The lowest BCUT2D eigenvalue weighted by molar-refractivity contribution is -1.02. The van der Waals surface area contributed by atoms with Crippen LogP contribution in [0.25, 0.3) is 5.69 Å². The number of carbonyl (C=O) groups is 1. The summed E-state index contributed by atoms with van der Waals surface area (Å²) < 4.78 is 1.89. The van der Waals surface area contributed by atoms with E-state index in [0.29, 0.717) is 6.54 Å². The van der Waals surface area contributed by atoms with Gasteiger partial charge < -0.3 is 15.1 Å². The lowest BCUT2D eigenvalue weighted by Gasteiger charge is -2.29. The van der Waals surface area contributed by atoms with Gasteiger partial charge in [0.15, 0.2) is 6.54 Å². The third-order valence-corrected chi connectivity index (χ3v) is 5.93. The Morgan fingerprint density at radius 2 is 1.53 bits per heavy atom. The Morgan fingerprint density at radius 1 is 0.933 bits per heavy atom. The van der Waals surface area contributed by atoms with E-state index in [1.54, 1.807) is 4.90 Å². The van der Waals surface area contributed by atoms with Crippen LogP contribution < -0.4 is 15.1 Å². The first kappa shape index (κ1) is 20.3. The molecular weight excluding hydrogens is 374 g/mol. The first-order chi connectivity index (χ1) is 14.6. The summed E-state index contributed by atoms with van der Waals surface area (Å²) in [6, 6.07) is 20.7. The summed E-state index contributed by atoms with van der Waals surface area (Å²) in [4.78, 5) is 15.7. The predicted molar refractivity (Wildman–Crippen MR) is 118 cm³/mol. The van der Waals surface area contributed by atoms with E-state index >= 15 is 0 Å². The fourth-order valence-electron chi connectivity index (χ4n) is 4.25. The zero-order valence-electron chi connectivity index (χ0n) is 17.8. The average Bonchev–Trinajstić information content (AvgIpc) is 3.05. The van der Waals surface area contributed by atoms with E-state index in [2.05, 4.69) is 40.7 Å². The van der Waals surface area contributed by atoms with Crippen LogP contribution in [-0.2, 0) is 11.3 Å². The van der Waals surface area contributed by atoms with Gasteiger partial charge in [-0.25, -0.2) is 4.68 Å². The second-order valence-electron chi connectivity index (χ2n) is 8.18. The molecule has 3 aromatic rings. The predicted octanol–water partition coefficient (Wildman–Crippen LogP) is 0.411. The van der Waals surface area contributed by atoms with Crippen molar-refractivity contribution in [3.8, 4) is 5.69 Å². The molecule has 0 unspecified atom stereocenters. The summed E-state index contributed by atoms with van der Waals surface area (Å²) in [5.41, 5.74) is 5.02. The van der Waals surface area contributed by atoms with Crippen LogP contribution in [-0.4, -0.2) is 48.4 Å². The van der Waals surface area contributed by atoms with Crippen molar-refractivity contribution in [2.24, 2.45) is 0 Å². The summed E-state index contributed by atoms with van der Waals surface area (Å²) in [5, 5.41) is 7.74. The van der Waals surface area contributed by atoms with Gasteiger partial charge in [0.1, 0.15) is 32.7 Å². The Hall–Kier alpha value is -2.96. The monoisotopic (exact) mass is 405 g/mol. The first-order valence-corrected chi connectivity index (χ1v) is 10.7. The smallest absolute Gasteiger partial charge is 0.279 e. The minimum atomic E-state index is 0.0651. The highest BCUT2D eigenvalue weighted by Crippen LogP contribution is 2.22. The number of piperazine rings is 1. The number of carbonyl (C=O) groups excluding carboxylic acids is 1. The number of benzene rings is 2. The van der Waals surface area contributed by atoms with Gasteiger partial charge in [0.2, 0.25) is 0 Å². The Balaban J connectivity index is 1.31. The van der Waals surface area contributed by atoms with E-state index in [4.69, 9.17) is 0 Å². The molecule has 0 radical (unpaired) electrons. The number of nitrogens with zero attached hydrogens (tertiary/aromatic N) is 2. The molecule has 1 saturated heterocycles. The molecule has 0 bridgehead atoms. The van der Waals surface area contributed by atoms with Crippen LogP contribution >= 0.6 is 0 Å². The molecule has 1 aromatic heterocycles. The molecule has 1 amide bonds. The second-order valence-corrected chi connectivity index (χ2v) is 8.18. The van der Waals surface area contributed by atoms with Crippen molar-refractivity contribution < 1.29 is 14.6 Å². The number of aryl methyl sites for hydroxylation is 1. The molecule has 156 valence electrons. The van der Waals surface area contributed by atoms with Crippen molar-refractivity contribution in [2.75, 3.05) is 38.0 Å². The summed E-state index contributed by atoms with van der Waals surface area (Å²) >= 11 is 0. The molecule has 4 rings (SSSR count). The maximum absolute atomic E-state index is 12.7. The second kappa shape index (κ2) is 9.24.